The van der Waals surface area contributed by atoms with E-state index in [1.165, 1.54) is 5.56 Å². The molecule has 3 rings (SSSR count). The summed E-state index contributed by atoms with van der Waals surface area (Å²) >= 11 is 3.62. The maximum atomic E-state index is 13.3. The highest BCUT2D eigenvalue weighted by Gasteiger charge is 2.41. The molecule has 0 aliphatic carbocycles. The van der Waals surface area contributed by atoms with Gasteiger partial charge in [0.1, 0.15) is 5.60 Å². The highest BCUT2D eigenvalue weighted by Crippen LogP contribution is 2.34. The topological polar surface area (TPSA) is 53.1 Å². The Morgan fingerprint density at radius 3 is 2.17 bits per heavy atom. The third kappa shape index (κ3) is 5.76. The van der Waals surface area contributed by atoms with Gasteiger partial charge in [0, 0.05) is 55.7 Å². The second-order valence-electron chi connectivity index (χ2n) is 9.69. The number of hydrogen-bond acceptors (Lipinski definition) is 4. The van der Waals surface area contributed by atoms with E-state index in [0.29, 0.717) is 25.9 Å². The highest BCUT2D eigenvalue weighted by molar-refractivity contribution is 9.10. The summed E-state index contributed by atoms with van der Waals surface area (Å²) in [6.07, 6.45) is 1.09. The Hall–Kier alpha value is -1.60. The van der Waals surface area contributed by atoms with E-state index in [1.54, 1.807) is 4.90 Å². The van der Waals surface area contributed by atoms with Gasteiger partial charge in [-0.25, -0.2) is 4.79 Å². The molecule has 6 nitrogen and oxygen atoms in total. The Balaban J connectivity index is 1.49. The Morgan fingerprint density at radius 2 is 1.60 bits per heavy atom. The summed E-state index contributed by atoms with van der Waals surface area (Å²) in [5.74, 6) is 0.229. The maximum Gasteiger partial charge on any atom is 0.410 e. The molecule has 0 saturated carbocycles. The van der Waals surface area contributed by atoms with Crippen molar-refractivity contribution < 1.29 is 14.3 Å². The molecule has 1 aromatic carbocycles. The second kappa shape index (κ2) is 9.27. The number of likely N-dealkylation sites (tertiary alicyclic amines) is 1. The van der Waals surface area contributed by atoms with Gasteiger partial charge in [0.05, 0.1) is 0 Å². The van der Waals surface area contributed by atoms with Gasteiger partial charge >= 0.3 is 6.09 Å². The molecule has 0 atom stereocenters. The van der Waals surface area contributed by atoms with E-state index in [-0.39, 0.29) is 12.0 Å². The minimum absolute atomic E-state index is 0.229. The number of piperidine rings is 1. The molecule has 166 valence electrons. The quantitative estimate of drug-likeness (QED) is 0.653. The number of rotatable bonds is 3. The van der Waals surface area contributed by atoms with Gasteiger partial charge in [0.2, 0.25) is 5.91 Å². The normalized spacial score (nSPS) is 20.2. The van der Waals surface area contributed by atoms with Crippen LogP contribution in [0.1, 0.15) is 46.1 Å². The summed E-state index contributed by atoms with van der Waals surface area (Å²) in [4.78, 5) is 31.7. The monoisotopic (exact) mass is 479 g/mol. The molecule has 2 heterocycles. The molecule has 0 radical (unpaired) electrons. The van der Waals surface area contributed by atoms with Gasteiger partial charge in [-0.05, 0) is 45.2 Å². The number of piperazine rings is 1. The molecule has 2 saturated heterocycles. The molecule has 0 aromatic heterocycles. The van der Waals surface area contributed by atoms with E-state index >= 15 is 0 Å². The standard InChI is InChI=1S/C23H34BrN3O3/c1-22(2,3)30-21(29)27-11-9-23(4,10-12-27)20(28)26-15-13-25(14-16-26)17-18-7-5-6-8-19(18)24/h5-8H,9-17H2,1-4H3. The Labute approximate surface area is 188 Å². The number of hydrogen-bond donors (Lipinski definition) is 0. The van der Waals surface area contributed by atoms with Crippen LogP contribution in [-0.4, -0.2) is 71.6 Å². The maximum absolute atomic E-state index is 13.3. The number of amides is 2. The van der Waals surface area contributed by atoms with Crippen molar-refractivity contribution in [2.75, 3.05) is 39.3 Å². The van der Waals surface area contributed by atoms with Crippen molar-refractivity contribution in [1.82, 2.24) is 14.7 Å². The number of nitrogens with zero attached hydrogens (tertiary/aromatic N) is 3. The molecule has 7 heteroatoms. The van der Waals surface area contributed by atoms with Crippen molar-refractivity contribution in [3.8, 4) is 0 Å². The number of halogens is 1. The zero-order valence-electron chi connectivity index (χ0n) is 18.6. The summed E-state index contributed by atoms with van der Waals surface area (Å²) in [6.45, 7) is 13.0. The minimum Gasteiger partial charge on any atom is -0.444 e. The fraction of sp³-hybridized carbons (Fsp3) is 0.652. The lowest BCUT2D eigenvalue weighted by Crippen LogP contribution is -2.55. The van der Waals surface area contributed by atoms with Crippen molar-refractivity contribution in [2.45, 2.75) is 52.7 Å². The summed E-state index contributed by atoms with van der Waals surface area (Å²) in [5, 5.41) is 0. The van der Waals surface area contributed by atoms with Crippen molar-refractivity contribution in [3.63, 3.8) is 0 Å². The summed E-state index contributed by atoms with van der Waals surface area (Å²) in [6, 6.07) is 8.30. The lowest BCUT2D eigenvalue weighted by Gasteiger charge is -2.43. The molecule has 2 fully saturated rings. The van der Waals surface area contributed by atoms with Crippen LogP contribution < -0.4 is 0 Å². The van der Waals surface area contributed by atoms with Gasteiger partial charge in [-0.2, -0.15) is 0 Å². The van der Waals surface area contributed by atoms with Gasteiger partial charge < -0.3 is 14.5 Å². The van der Waals surface area contributed by atoms with Crippen molar-refractivity contribution in [3.05, 3.63) is 34.3 Å². The van der Waals surface area contributed by atoms with Crippen LogP contribution in [0, 0.1) is 5.41 Å². The van der Waals surface area contributed by atoms with E-state index < -0.39 is 11.0 Å². The lowest BCUT2D eigenvalue weighted by molar-refractivity contribution is -0.145. The molecular weight excluding hydrogens is 446 g/mol. The average Bonchev–Trinajstić information content (AvgIpc) is 2.69. The van der Waals surface area contributed by atoms with Gasteiger partial charge in [-0.15, -0.1) is 0 Å². The van der Waals surface area contributed by atoms with E-state index in [1.807, 2.05) is 31.7 Å². The van der Waals surface area contributed by atoms with E-state index in [0.717, 1.165) is 37.2 Å². The molecule has 0 N–H and O–H groups in total. The van der Waals surface area contributed by atoms with Crippen LogP contribution in [0.2, 0.25) is 0 Å². The first-order chi connectivity index (χ1) is 14.1. The van der Waals surface area contributed by atoms with Crippen molar-refractivity contribution in [2.24, 2.45) is 5.41 Å². The molecule has 2 amide bonds. The number of carbonyl (C=O) groups is 2. The first-order valence-corrected chi connectivity index (χ1v) is 11.6. The highest BCUT2D eigenvalue weighted by atomic mass is 79.9. The van der Waals surface area contributed by atoms with E-state index in [4.69, 9.17) is 4.74 Å². The molecule has 0 bridgehead atoms. The van der Waals surface area contributed by atoms with Crippen molar-refractivity contribution >= 4 is 27.9 Å². The van der Waals surface area contributed by atoms with E-state index in [2.05, 4.69) is 46.0 Å². The van der Waals surface area contributed by atoms with Crippen LogP contribution in [-0.2, 0) is 16.1 Å². The van der Waals surface area contributed by atoms with Crippen LogP contribution in [0.3, 0.4) is 0 Å². The first kappa shape index (κ1) is 23.1. The van der Waals surface area contributed by atoms with Crippen molar-refractivity contribution in [1.29, 1.82) is 0 Å². The van der Waals surface area contributed by atoms with Gasteiger partial charge in [-0.1, -0.05) is 41.1 Å². The zero-order chi connectivity index (χ0) is 21.9. The second-order valence-corrected chi connectivity index (χ2v) is 10.5. The minimum atomic E-state index is -0.497. The first-order valence-electron chi connectivity index (χ1n) is 10.8. The average molecular weight is 480 g/mol. The summed E-state index contributed by atoms with van der Waals surface area (Å²) < 4.78 is 6.61. The molecule has 0 unspecified atom stereocenters. The number of carbonyl (C=O) groups excluding carboxylic acids is 2. The third-order valence-electron chi connectivity index (χ3n) is 6.05. The predicted octanol–water partition coefficient (Wildman–Crippen LogP) is 4.13. The van der Waals surface area contributed by atoms with Crippen LogP contribution in [0.5, 0.6) is 0 Å². The molecule has 2 aliphatic rings. The fourth-order valence-electron chi connectivity index (χ4n) is 4.08. The molecule has 0 spiro atoms. The largest absolute Gasteiger partial charge is 0.444 e. The molecule has 2 aliphatic heterocycles. The SMILES string of the molecule is CC(C)(C)OC(=O)N1CCC(C)(C(=O)N2CCN(Cc3ccccc3Br)CC2)CC1. The van der Waals surface area contributed by atoms with Gasteiger partial charge in [0.15, 0.2) is 0 Å². The van der Waals surface area contributed by atoms with Crippen LogP contribution >= 0.6 is 15.9 Å². The fourth-order valence-corrected chi connectivity index (χ4v) is 4.49. The lowest BCUT2D eigenvalue weighted by atomic mass is 9.79. The van der Waals surface area contributed by atoms with Gasteiger partial charge in [-0.3, -0.25) is 9.69 Å². The molecule has 1 aromatic rings. The summed E-state index contributed by atoms with van der Waals surface area (Å²) in [5.41, 5.74) is 0.380. The number of ether oxygens (including phenoxy) is 1. The van der Waals surface area contributed by atoms with Gasteiger partial charge in [0.25, 0.3) is 0 Å². The predicted molar refractivity (Wildman–Crippen MR) is 121 cm³/mol. The van der Waals surface area contributed by atoms with E-state index in [9.17, 15) is 9.59 Å². The van der Waals surface area contributed by atoms with Crippen LogP contribution in [0.25, 0.3) is 0 Å². The van der Waals surface area contributed by atoms with Crippen LogP contribution in [0.4, 0.5) is 4.79 Å². The molecule has 30 heavy (non-hydrogen) atoms. The number of benzene rings is 1. The smallest absolute Gasteiger partial charge is 0.410 e. The summed E-state index contributed by atoms with van der Waals surface area (Å²) in [7, 11) is 0. The Kier molecular flexibility index (Phi) is 7.13. The third-order valence-corrected chi connectivity index (χ3v) is 6.82. The van der Waals surface area contributed by atoms with Crippen LogP contribution in [0.15, 0.2) is 28.7 Å². The Morgan fingerprint density at radius 1 is 1.00 bits per heavy atom. The Bertz CT molecular complexity index is 761. The molecular formula is C23H34BrN3O3. The zero-order valence-corrected chi connectivity index (χ0v) is 20.2.